The van der Waals surface area contributed by atoms with Gasteiger partial charge in [0.15, 0.2) is 0 Å². The predicted octanol–water partition coefficient (Wildman–Crippen LogP) is -0.548. The molecule has 0 bridgehead atoms. The first-order chi connectivity index (χ1) is 6.36. The minimum Gasteiger partial charge on any atom is -0.395 e. The molecule has 78 valence electrons. The Labute approximate surface area is 79.1 Å². The van der Waals surface area contributed by atoms with E-state index in [1.54, 1.807) is 0 Å². The number of aliphatic hydroxyl groups is 2. The van der Waals surface area contributed by atoms with Crippen LogP contribution in [0.1, 0.15) is 12.8 Å². The van der Waals surface area contributed by atoms with E-state index in [-0.39, 0.29) is 13.2 Å². The van der Waals surface area contributed by atoms with E-state index in [1.165, 1.54) is 0 Å². The summed E-state index contributed by atoms with van der Waals surface area (Å²) in [6.07, 6.45) is 2.34. The Hall–Kier alpha value is -0.160. The van der Waals surface area contributed by atoms with Crippen LogP contribution in [0.5, 0.6) is 0 Å². The van der Waals surface area contributed by atoms with Crippen LogP contribution in [0.2, 0.25) is 0 Å². The van der Waals surface area contributed by atoms with Crippen molar-refractivity contribution in [2.24, 2.45) is 0 Å². The van der Waals surface area contributed by atoms with Gasteiger partial charge in [0, 0.05) is 19.6 Å². The highest BCUT2D eigenvalue weighted by molar-refractivity contribution is 4.71. The first kappa shape index (κ1) is 10.9. The standard InChI is InChI=1S/C9H19NO3/c11-6-5-10-3-1-9(2-4-10)13-8-7-12/h9,11-12H,1-8H2. The molecule has 0 aromatic carbocycles. The number of aliphatic hydroxyl groups excluding tert-OH is 2. The molecule has 1 saturated heterocycles. The molecule has 1 fully saturated rings. The zero-order chi connectivity index (χ0) is 9.52. The molecule has 0 aromatic heterocycles. The van der Waals surface area contributed by atoms with Crippen molar-refractivity contribution in [2.45, 2.75) is 18.9 Å². The Morgan fingerprint density at radius 2 is 1.85 bits per heavy atom. The smallest absolute Gasteiger partial charge is 0.0701 e. The molecule has 0 saturated carbocycles. The highest BCUT2D eigenvalue weighted by atomic mass is 16.5. The quantitative estimate of drug-likeness (QED) is 0.609. The van der Waals surface area contributed by atoms with E-state index in [0.717, 1.165) is 32.5 Å². The number of β-amino-alcohol motifs (C(OH)–C–C–N with tert-alkyl or cyclic N) is 1. The maximum absolute atomic E-state index is 8.72. The average molecular weight is 189 g/mol. The molecule has 0 radical (unpaired) electrons. The molecular weight excluding hydrogens is 170 g/mol. The van der Waals surface area contributed by atoms with Crippen LogP contribution in [-0.2, 0) is 4.74 Å². The summed E-state index contributed by atoms with van der Waals surface area (Å²) in [5.74, 6) is 0. The van der Waals surface area contributed by atoms with Gasteiger partial charge in [0.05, 0.1) is 25.9 Å². The normalized spacial score (nSPS) is 20.8. The van der Waals surface area contributed by atoms with Crippen molar-refractivity contribution in [1.29, 1.82) is 0 Å². The second-order valence-electron chi connectivity index (χ2n) is 3.36. The lowest BCUT2D eigenvalue weighted by atomic mass is 10.1. The van der Waals surface area contributed by atoms with E-state index in [4.69, 9.17) is 14.9 Å². The second-order valence-corrected chi connectivity index (χ2v) is 3.36. The minimum atomic E-state index is 0.108. The van der Waals surface area contributed by atoms with E-state index < -0.39 is 0 Å². The van der Waals surface area contributed by atoms with Gasteiger partial charge in [-0.1, -0.05) is 0 Å². The summed E-state index contributed by atoms with van der Waals surface area (Å²) in [5.41, 5.74) is 0. The van der Waals surface area contributed by atoms with E-state index in [2.05, 4.69) is 4.90 Å². The third-order valence-corrected chi connectivity index (χ3v) is 2.40. The molecule has 2 N–H and O–H groups in total. The van der Waals surface area contributed by atoms with Crippen LogP contribution in [0.4, 0.5) is 0 Å². The van der Waals surface area contributed by atoms with Crippen LogP contribution in [0.25, 0.3) is 0 Å². The lowest BCUT2D eigenvalue weighted by Crippen LogP contribution is -2.38. The first-order valence-electron chi connectivity index (χ1n) is 4.92. The molecule has 0 aromatic rings. The molecule has 13 heavy (non-hydrogen) atoms. The van der Waals surface area contributed by atoms with E-state index >= 15 is 0 Å². The molecule has 0 spiro atoms. The van der Waals surface area contributed by atoms with Gasteiger partial charge in [-0.25, -0.2) is 0 Å². The number of nitrogens with zero attached hydrogens (tertiary/aromatic N) is 1. The van der Waals surface area contributed by atoms with Crippen molar-refractivity contribution >= 4 is 0 Å². The van der Waals surface area contributed by atoms with Crippen molar-refractivity contribution in [3.05, 3.63) is 0 Å². The Balaban J connectivity index is 2.08. The van der Waals surface area contributed by atoms with Gasteiger partial charge in [0.1, 0.15) is 0 Å². The largest absolute Gasteiger partial charge is 0.395 e. The monoisotopic (exact) mass is 189 g/mol. The van der Waals surface area contributed by atoms with E-state index in [0.29, 0.717) is 12.7 Å². The Kier molecular flexibility index (Phi) is 5.31. The van der Waals surface area contributed by atoms with Gasteiger partial charge in [-0.3, -0.25) is 0 Å². The molecule has 4 heteroatoms. The third-order valence-electron chi connectivity index (χ3n) is 2.40. The highest BCUT2D eigenvalue weighted by Gasteiger charge is 2.18. The van der Waals surface area contributed by atoms with Crippen molar-refractivity contribution in [3.8, 4) is 0 Å². The van der Waals surface area contributed by atoms with Crippen molar-refractivity contribution < 1.29 is 14.9 Å². The predicted molar refractivity (Wildman–Crippen MR) is 49.6 cm³/mol. The molecule has 0 atom stereocenters. The van der Waals surface area contributed by atoms with Crippen molar-refractivity contribution in [2.75, 3.05) is 39.5 Å². The van der Waals surface area contributed by atoms with E-state index in [9.17, 15) is 0 Å². The van der Waals surface area contributed by atoms with Crippen molar-refractivity contribution in [3.63, 3.8) is 0 Å². The number of rotatable bonds is 5. The fourth-order valence-electron chi connectivity index (χ4n) is 1.66. The molecule has 4 nitrogen and oxygen atoms in total. The number of likely N-dealkylation sites (tertiary alicyclic amines) is 1. The topological polar surface area (TPSA) is 52.9 Å². The van der Waals surface area contributed by atoms with Gasteiger partial charge >= 0.3 is 0 Å². The summed E-state index contributed by atoms with van der Waals surface area (Å²) < 4.78 is 5.42. The maximum atomic E-state index is 8.72. The molecule has 0 unspecified atom stereocenters. The fourth-order valence-corrected chi connectivity index (χ4v) is 1.66. The fraction of sp³-hybridized carbons (Fsp3) is 1.00. The Morgan fingerprint density at radius 1 is 1.15 bits per heavy atom. The molecule has 1 aliphatic heterocycles. The lowest BCUT2D eigenvalue weighted by Gasteiger charge is -2.31. The summed E-state index contributed by atoms with van der Waals surface area (Å²) in [4.78, 5) is 2.23. The Morgan fingerprint density at radius 3 is 2.38 bits per heavy atom. The SMILES string of the molecule is OCCOC1CCN(CCO)CC1. The third kappa shape index (κ3) is 4.04. The van der Waals surface area contributed by atoms with Crippen LogP contribution >= 0.6 is 0 Å². The molecule has 0 aliphatic carbocycles. The van der Waals surface area contributed by atoms with Gasteiger partial charge in [-0.15, -0.1) is 0 Å². The van der Waals surface area contributed by atoms with Crippen LogP contribution in [-0.4, -0.2) is 60.7 Å². The molecule has 1 rings (SSSR count). The zero-order valence-electron chi connectivity index (χ0n) is 7.98. The van der Waals surface area contributed by atoms with Gasteiger partial charge < -0.3 is 19.8 Å². The van der Waals surface area contributed by atoms with Gasteiger partial charge in [-0.05, 0) is 12.8 Å². The first-order valence-corrected chi connectivity index (χ1v) is 4.92. The summed E-state index contributed by atoms with van der Waals surface area (Å²) in [6, 6.07) is 0. The molecular formula is C9H19NO3. The van der Waals surface area contributed by atoms with Gasteiger partial charge in [0.25, 0.3) is 0 Å². The lowest BCUT2D eigenvalue weighted by molar-refractivity contribution is -0.00971. The summed E-state index contributed by atoms with van der Waals surface area (Å²) in [5, 5.41) is 17.3. The molecule has 1 heterocycles. The summed E-state index contributed by atoms with van der Waals surface area (Å²) in [6.45, 7) is 3.56. The van der Waals surface area contributed by atoms with Crippen LogP contribution in [0, 0.1) is 0 Å². The van der Waals surface area contributed by atoms with Crippen LogP contribution in [0.3, 0.4) is 0 Å². The van der Waals surface area contributed by atoms with Gasteiger partial charge in [-0.2, -0.15) is 0 Å². The van der Waals surface area contributed by atoms with Crippen LogP contribution < -0.4 is 0 Å². The zero-order valence-corrected chi connectivity index (χ0v) is 7.98. The van der Waals surface area contributed by atoms with Crippen molar-refractivity contribution in [1.82, 2.24) is 4.90 Å². The molecule has 0 amide bonds. The summed E-state index contributed by atoms with van der Waals surface area (Å²) >= 11 is 0. The van der Waals surface area contributed by atoms with E-state index in [1.807, 2.05) is 0 Å². The average Bonchev–Trinajstić information content (AvgIpc) is 2.17. The number of hydrogen-bond acceptors (Lipinski definition) is 4. The number of ether oxygens (including phenoxy) is 1. The minimum absolute atomic E-state index is 0.108. The maximum Gasteiger partial charge on any atom is 0.0701 e. The Bertz CT molecular complexity index is 124. The van der Waals surface area contributed by atoms with Gasteiger partial charge in [0.2, 0.25) is 0 Å². The second kappa shape index (κ2) is 6.32. The number of piperidine rings is 1. The molecule has 1 aliphatic rings. The number of hydrogen-bond donors (Lipinski definition) is 2. The summed E-state index contributed by atoms with van der Waals surface area (Å²) in [7, 11) is 0. The van der Waals surface area contributed by atoms with Crippen LogP contribution in [0.15, 0.2) is 0 Å². The highest BCUT2D eigenvalue weighted by Crippen LogP contribution is 2.12.